The summed E-state index contributed by atoms with van der Waals surface area (Å²) in [6, 6.07) is 8.18. The van der Waals surface area contributed by atoms with Crippen LogP contribution in [-0.4, -0.2) is 30.4 Å². The van der Waals surface area contributed by atoms with Gasteiger partial charge in [0.1, 0.15) is 0 Å². The fourth-order valence-electron chi connectivity index (χ4n) is 2.81. The second kappa shape index (κ2) is 8.15. The number of hydrogen-bond acceptors (Lipinski definition) is 3. The molecule has 0 spiro atoms. The number of nitrogens with one attached hydrogen (secondary N) is 1. The highest BCUT2D eigenvalue weighted by molar-refractivity contribution is 5.90. The lowest BCUT2D eigenvalue weighted by Gasteiger charge is -2.16. The molecule has 0 radical (unpaired) electrons. The van der Waals surface area contributed by atoms with Crippen molar-refractivity contribution in [1.29, 1.82) is 0 Å². The molecule has 1 fully saturated rings. The maximum Gasteiger partial charge on any atom is 0.224 e. The normalized spacial score (nSPS) is 16.9. The van der Waals surface area contributed by atoms with Crippen molar-refractivity contribution in [3.8, 4) is 0 Å². The Morgan fingerprint density at radius 3 is 2.81 bits per heavy atom. The Morgan fingerprint density at radius 1 is 1.38 bits per heavy atom. The molecule has 1 aliphatic rings. The third-order valence-electron chi connectivity index (χ3n) is 4.20. The first-order valence-electron chi connectivity index (χ1n) is 8.02. The van der Waals surface area contributed by atoms with Gasteiger partial charge in [0, 0.05) is 18.7 Å². The number of nitrogens with two attached hydrogens (primary N) is 1. The smallest absolute Gasteiger partial charge is 0.224 e. The molecule has 1 unspecified atom stereocenters. The van der Waals surface area contributed by atoms with Crippen molar-refractivity contribution in [2.45, 2.75) is 39.2 Å². The second-order valence-electron chi connectivity index (χ2n) is 5.95. The van der Waals surface area contributed by atoms with Crippen LogP contribution in [0.25, 0.3) is 0 Å². The zero-order chi connectivity index (χ0) is 15.1. The van der Waals surface area contributed by atoms with Crippen LogP contribution in [0.2, 0.25) is 0 Å². The Morgan fingerprint density at radius 2 is 2.14 bits per heavy atom. The van der Waals surface area contributed by atoms with Gasteiger partial charge in [0.15, 0.2) is 0 Å². The van der Waals surface area contributed by atoms with E-state index in [4.69, 9.17) is 5.73 Å². The largest absolute Gasteiger partial charge is 0.330 e. The summed E-state index contributed by atoms with van der Waals surface area (Å²) in [5.74, 6) is 0.336. The van der Waals surface area contributed by atoms with Gasteiger partial charge in [-0.1, -0.05) is 25.5 Å². The molecule has 1 amide bonds. The van der Waals surface area contributed by atoms with E-state index in [9.17, 15) is 4.79 Å². The molecule has 1 aromatic carbocycles. The van der Waals surface area contributed by atoms with Gasteiger partial charge in [-0.05, 0) is 56.1 Å². The number of carbonyl (C=O) groups excluding carboxylic acids is 1. The highest BCUT2D eigenvalue weighted by atomic mass is 16.1. The summed E-state index contributed by atoms with van der Waals surface area (Å²) >= 11 is 0. The van der Waals surface area contributed by atoms with Gasteiger partial charge in [0.05, 0.1) is 0 Å². The molecule has 0 aromatic heterocycles. The van der Waals surface area contributed by atoms with Gasteiger partial charge < -0.3 is 11.1 Å². The summed E-state index contributed by atoms with van der Waals surface area (Å²) < 4.78 is 0. The molecular formula is C17H27N3O. The molecule has 1 aliphatic heterocycles. The van der Waals surface area contributed by atoms with Gasteiger partial charge in [-0.15, -0.1) is 0 Å². The number of benzene rings is 1. The molecule has 0 bridgehead atoms. The van der Waals surface area contributed by atoms with Crippen molar-refractivity contribution in [3.05, 3.63) is 29.8 Å². The van der Waals surface area contributed by atoms with Crippen molar-refractivity contribution < 1.29 is 4.79 Å². The zero-order valence-electron chi connectivity index (χ0n) is 13.0. The van der Waals surface area contributed by atoms with E-state index in [0.29, 0.717) is 13.0 Å². The molecule has 1 heterocycles. The minimum Gasteiger partial charge on any atom is -0.330 e. The molecule has 116 valence electrons. The van der Waals surface area contributed by atoms with E-state index >= 15 is 0 Å². The number of nitrogens with zero attached hydrogens (tertiary/aromatic N) is 1. The zero-order valence-corrected chi connectivity index (χ0v) is 13.0. The molecule has 1 atom stereocenters. The summed E-state index contributed by atoms with van der Waals surface area (Å²) in [5, 5.41) is 2.99. The summed E-state index contributed by atoms with van der Waals surface area (Å²) in [6.45, 7) is 5.99. The maximum absolute atomic E-state index is 12.0. The molecule has 0 aliphatic carbocycles. The van der Waals surface area contributed by atoms with Crippen LogP contribution in [0.5, 0.6) is 0 Å². The summed E-state index contributed by atoms with van der Waals surface area (Å²) in [6.07, 6.45) is 4.05. The minimum atomic E-state index is 0.0608. The van der Waals surface area contributed by atoms with E-state index in [0.717, 1.165) is 18.7 Å². The number of hydrogen-bond donors (Lipinski definition) is 2. The first-order valence-corrected chi connectivity index (χ1v) is 8.02. The van der Waals surface area contributed by atoms with Crippen LogP contribution in [0.4, 0.5) is 5.69 Å². The molecule has 2 rings (SSSR count). The highest BCUT2D eigenvalue weighted by Crippen LogP contribution is 2.17. The molecule has 21 heavy (non-hydrogen) atoms. The average molecular weight is 289 g/mol. The fourth-order valence-corrected chi connectivity index (χ4v) is 2.81. The fraction of sp³-hybridized carbons (Fsp3) is 0.588. The monoisotopic (exact) mass is 289 g/mol. The Bertz CT molecular complexity index is 451. The van der Waals surface area contributed by atoms with E-state index in [1.807, 2.05) is 12.1 Å². The van der Waals surface area contributed by atoms with Gasteiger partial charge in [0.2, 0.25) is 5.91 Å². The van der Waals surface area contributed by atoms with Gasteiger partial charge in [-0.2, -0.15) is 0 Å². The maximum atomic E-state index is 12.0. The Hall–Kier alpha value is -1.39. The topological polar surface area (TPSA) is 58.4 Å². The third-order valence-corrected chi connectivity index (χ3v) is 4.20. The van der Waals surface area contributed by atoms with Crippen LogP contribution in [0.3, 0.4) is 0 Å². The lowest BCUT2D eigenvalue weighted by molar-refractivity contribution is -0.117. The predicted octanol–water partition coefficient (Wildman–Crippen LogP) is 2.60. The van der Waals surface area contributed by atoms with Crippen molar-refractivity contribution in [2.24, 2.45) is 11.7 Å². The van der Waals surface area contributed by atoms with Crippen molar-refractivity contribution >= 4 is 11.6 Å². The number of rotatable bonds is 7. The standard InChI is InChI=1S/C17H27N3O/c1-2-14(12-18)11-17(21)19-16-7-5-6-15(10-16)13-20-8-3-4-9-20/h5-7,10,14H,2-4,8-9,11-13,18H2,1H3,(H,19,21). The number of anilines is 1. The number of carbonyl (C=O) groups is 1. The van der Waals surface area contributed by atoms with Gasteiger partial charge in [0.25, 0.3) is 0 Å². The molecular weight excluding hydrogens is 262 g/mol. The van der Waals surface area contributed by atoms with E-state index in [2.05, 4.69) is 29.3 Å². The summed E-state index contributed by atoms with van der Waals surface area (Å²) in [7, 11) is 0. The first kappa shape index (κ1) is 16.0. The molecule has 3 N–H and O–H groups in total. The Kier molecular flexibility index (Phi) is 6.21. The van der Waals surface area contributed by atoms with Crippen molar-refractivity contribution in [1.82, 2.24) is 4.90 Å². The van der Waals surface area contributed by atoms with Crippen LogP contribution < -0.4 is 11.1 Å². The summed E-state index contributed by atoms with van der Waals surface area (Å²) in [4.78, 5) is 14.5. The van der Waals surface area contributed by atoms with Crippen LogP contribution in [0, 0.1) is 5.92 Å². The number of likely N-dealkylation sites (tertiary alicyclic amines) is 1. The van der Waals surface area contributed by atoms with Gasteiger partial charge >= 0.3 is 0 Å². The van der Waals surface area contributed by atoms with Crippen molar-refractivity contribution in [3.63, 3.8) is 0 Å². The molecule has 1 aromatic rings. The van der Waals surface area contributed by atoms with Gasteiger partial charge in [-0.3, -0.25) is 9.69 Å². The second-order valence-corrected chi connectivity index (χ2v) is 5.95. The van der Waals surface area contributed by atoms with E-state index in [1.54, 1.807) is 0 Å². The molecule has 4 nitrogen and oxygen atoms in total. The Balaban J connectivity index is 1.89. The Labute approximate surface area is 127 Å². The van der Waals surface area contributed by atoms with Crippen LogP contribution in [0.1, 0.15) is 38.2 Å². The summed E-state index contributed by atoms with van der Waals surface area (Å²) in [5.41, 5.74) is 7.81. The van der Waals surface area contributed by atoms with E-state index in [1.165, 1.54) is 31.5 Å². The number of amides is 1. The third kappa shape index (κ3) is 5.14. The van der Waals surface area contributed by atoms with Crippen LogP contribution in [0.15, 0.2) is 24.3 Å². The molecule has 0 saturated carbocycles. The van der Waals surface area contributed by atoms with Crippen LogP contribution in [-0.2, 0) is 11.3 Å². The molecule has 4 heteroatoms. The minimum absolute atomic E-state index is 0.0608. The van der Waals surface area contributed by atoms with Crippen LogP contribution >= 0.6 is 0 Å². The van der Waals surface area contributed by atoms with Crippen molar-refractivity contribution in [2.75, 3.05) is 25.0 Å². The lowest BCUT2D eigenvalue weighted by Crippen LogP contribution is -2.22. The lowest BCUT2D eigenvalue weighted by atomic mass is 10.0. The average Bonchev–Trinajstić information content (AvgIpc) is 2.98. The highest BCUT2D eigenvalue weighted by Gasteiger charge is 2.13. The predicted molar refractivity (Wildman–Crippen MR) is 87.0 cm³/mol. The van der Waals surface area contributed by atoms with Gasteiger partial charge in [-0.25, -0.2) is 0 Å². The quantitative estimate of drug-likeness (QED) is 0.811. The van der Waals surface area contributed by atoms with E-state index in [-0.39, 0.29) is 11.8 Å². The molecule has 1 saturated heterocycles. The van der Waals surface area contributed by atoms with E-state index < -0.39 is 0 Å². The SMILES string of the molecule is CCC(CN)CC(=O)Nc1cccc(CN2CCCC2)c1. The first-order chi connectivity index (χ1) is 10.2.